The molecule has 2 aromatic carbocycles. The fraction of sp³-hybridized carbons (Fsp3) is 0.400. The van der Waals surface area contributed by atoms with Gasteiger partial charge in [-0.1, -0.05) is 24.3 Å². The van der Waals surface area contributed by atoms with Crippen molar-refractivity contribution in [2.75, 3.05) is 36.0 Å². The molecule has 0 aliphatic carbocycles. The minimum absolute atomic E-state index is 1.21. The van der Waals surface area contributed by atoms with Crippen molar-refractivity contribution in [2.45, 2.75) is 25.7 Å². The standard InChI is InChI=1S/C20H24N2/c1-2-14-21(13-1)19-9-5-17(6-10-19)18-7-11-20(12-8-18)22-15-3-4-16-22/h5-12H,1-4,13-16H2. The molecule has 2 aliphatic heterocycles. The number of benzene rings is 2. The normalized spacial score (nSPS) is 18.2. The van der Waals surface area contributed by atoms with Crippen LogP contribution < -0.4 is 9.80 Å². The van der Waals surface area contributed by atoms with Gasteiger partial charge in [-0.15, -0.1) is 0 Å². The Morgan fingerprint density at radius 1 is 0.455 bits per heavy atom. The van der Waals surface area contributed by atoms with Crippen molar-refractivity contribution in [1.82, 2.24) is 0 Å². The van der Waals surface area contributed by atoms with Crippen LogP contribution in [0.5, 0.6) is 0 Å². The van der Waals surface area contributed by atoms with Gasteiger partial charge in [-0.25, -0.2) is 0 Å². The molecule has 2 fully saturated rings. The van der Waals surface area contributed by atoms with E-state index in [1.54, 1.807) is 0 Å². The SMILES string of the molecule is c1cc(N2CCCC2)ccc1-c1ccc(N2CCCC2)cc1. The van der Waals surface area contributed by atoms with Crippen molar-refractivity contribution in [1.29, 1.82) is 0 Å². The molecule has 114 valence electrons. The Kier molecular flexibility index (Phi) is 3.75. The fourth-order valence-electron chi connectivity index (χ4n) is 3.68. The van der Waals surface area contributed by atoms with Gasteiger partial charge in [0, 0.05) is 37.6 Å². The molecule has 22 heavy (non-hydrogen) atoms. The summed E-state index contributed by atoms with van der Waals surface area (Å²) in [6, 6.07) is 18.1. The monoisotopic (exact) mass is 292 g/mol. The van der Waals surface area contributed by atoms with E-state index in [0.29, 0.717) is 0 Å². The zero-order valence-corrected chi connectivity index (χ0v) is 13.2. The third kappa shape index (κ3) is 2.70. The zero-order valence-electron chi connectivity index (χ0n) is 13.2. The highest BCUT2D eigenvalue weighted by molar-refractivity contribution is 5.68. The van der Waals surface area contributed by atoms with E-state index in [1.165, 1.54) is 74.4 Å². The Morgan fingerprint density at radius 2 is 0.773 bits per heavy atom. The van der Waals surface area contributed by atoms with Gasteiger partial charge in [-0.3, -0.25) is 0 Å². The second-order valence-corrected chi connectivity index (χ2v) is 6.48. The van der Waals surface area contributed by atoms with Gasteiger partial charge in [0.05, 0.1) is 0 Å². The first-order chi connectivity index (χ1) is 10.9. The maximum absolute atomic E-state index is 2.49. The molecule has 2 nitrogen and oxygen atoms in total. The molecule has 0 amide bonds. The van der Waals surface area contributed by atoms with Gasteiger partial charge in [0.25, 0.3) is 0 Å². The Morgan fingerprint density at radius 3 is 1.09 bits per heavy atom. The Bertz CT molecular complexity index is 546. The summed E-state index contributed by atoms with van der Waals surface area (Å²) in [5, 5.41) is 0. The molecule has 4 rings (SSSR count). The molecule has 2 heteroatoms. The maximum atomic E-state index is 2.49. The molecular weight excluding hydrogens is 268 g/mol. The van der Waals surface area contributed by atoms with Crippen molar-refractivity contribution in [3.05, 3.63) is 48.5 Å². The van der Waals surface area contributed by atoms with E-state index in [9.17, 15) is 0 Å². The molecule has 0 atom stereocenters. The minimum Gasteiger partial charge on any atom is -0.372 e. The first-order valence-electron chi connectivity index (χ1n) is 8.60. The van der Waals surface area contributed by atoms with Crippen LogP contribution in [0, 0.1) is 0 Å². The lowest BCUT2D eigenvalue weighted by molar-refractivity contribution is 0.949. The molecule has 0 unspecified atom stereocenters. The van der Waals surface area contributed by atoms with Crippen molar-refractivity contribution in [2.24, 2.45) is 0 Å². The van der Waals surface area contributed by atoms with Gasteiger partial charge in [-0.2, -0.15) is 0 Å². The van der Waals surface area contributed by atoms with Gasteiger partial charge in [0.2, 0.25) is 0 Å². The summed E-state index contributed by atoms with van der Waals surface area (Å²) >= 11 is 0. The summed E-state index contributed by atoms with van der Waals surface area (Å²) in [5.41, 5.74) is 5.37. The number of rotatable bonds is 3. The number of anilines is 2. The van der Waals surface area contributed by atoms with E-state index >= 15 is 0 Å². The molecule has 2 aromatic rings. The lowest BCUT2D eigenvalue weighted by Crippen LogP contribution is -2.17. The predicted molar refractivity (Wildman–Crippen MR) is 94.8 cm³/mol. The molecule has 0 N–H and O–H groups in total. The van der Waals surface area contributed by atoms with Gasteiger partial charge in [0.15, 0.2) is 0 Å². The number of nitrogens with zero attached hydrogens (tertiary/aromatic N) is 2. The first-order valence-corrected chi connectivity index (χ1v) is 8.60. The third-order valence-electron chi connectivity index (χ3n) is 5.01. The zero-order chi connectivity index (χ0) is 14.8. The molecular formula is C20H24N2. The van der Waals surface area contributed by atoms with E-state index in [1.807, 2.05) is 0 Å². The van der Waals surface area contributed by atoms with Gasteiger partial charge in [-0.05, 0) is 61.1 Å². The summed E-state index contributed by atoms with van der Waals surface area (Å²) < 4.78 is 0. The van der Waals surface area contributed by atoms with Crippen LogP contribution in [-0.2, 0) is 0 Å². The highest BCUT2D eigenvalue weighted by Gasteiger charge is 2.13. The first kappa shape index (κ1) is 13.7. The van der Waals surface area contributed by atoms with Crippen molar-refractivity contribution >= 4 is 11.4 Å². The van der Waals surface area contributed by atoms with Crippen molar-refractivity contribution in [3.63, 3.8) is 0 Å². The highest BCUT2D eigenvalue weighted by Crippen LogP contribution is 2.28. The number of hydrogen-bond donors (Lipinski definition) is 0. The lowest BCUT2D eigenvalue weighted by Gasteiger charge is -2.19. The predicted octanol–water partition coefficient (Wildman–Crippen LogP) is 4.55. The summed E-state index contributed by atoms with van der Waals surface area (Å²) in [4.78, 5) is 4.97. The van der Waals surface area contributed by atoms with Crippen LogP contribution in [0.25, 0.3) is 11.1 Å². The van der Waals surface area contributed by atoms with Gasteiger partial charge in [0.1, 0.15) is 0 Å². The van der Waals surface area contributed by atoms with Gasteiger partial charge >= 0.3 is 0 Å². The van der Waals surface area contributed by atoms with Crippen LogP contribution >= 0.6 is 0 Å². The Hall–Kier alpha value is -1.96. The smallest absolute Gasteiger partial charge is 0.0366 e. The molecule has 0 bridgehead atoms. The van der Waals surface area contributed by atoms with Crippen LogP contribution in [0.1, 0.15) is 25.7 Å². The minimum atomic E-state index is 1.21. The molecule has 0 spiro atoms. The third-order valence-corrected chi connectivity index (χ3v) is 5.01. The summed E-state index contributed by atoms with van der Waals surface area (Å²) in [7, 11) is 0. The second-order valence-electron chi connectivity index (χ2n) is 6.48. The van der Waals surface area contributed by atoms with Crippen molar-refractivity contribution < 1.29 is 0 Å². The summed E-state index contributed by atoms with van der Waals surface area (Å²) in [5.74, 6) is 0. The lowest BCUT2D eigenvalue weighted by atomic mass is 10.0. The van der Waals surface area contributed by atoms with Crippen LogP contribution in [0.3, 0.4) is 0 Å². The van der Waals surface area contributed by atoms with Crippen LogP contribution in [0.15, 0.2) is 48.5 Å². The number of hydrogen-bond acceptors (Lipinski definition) is 2. The fourth-order valence-corrected chi connectivity index (χ4v) is 3.68. The molecule has 0 aromatic heterocycles. The summed E-state index contributed by atoms with van der Waals surface area (Å²) in [6.45, 7) is 4.85. The van der Waals surface area contributed by atoms with E-state index in [-0.39, 0.29) is 0 Å². The highest BCUT2D eigenvalue weighted by atomic mass is 15.1. The van der Waals surface area contributed by atoms with Gasteiger partial charge < -0.3 is 9.80 Å². The molecule has 2 aliphatic rings. The van der Waals surface area contributed by atoms with E-state index in [0.717, 1.165) is 0 Å². The maximum Gasteiger partial charge on any atom is 0.0366 e. The Labute approximate surface area is 133 Å². The molecule has 2 heterocycles. The quantitative estimate of drug-likeness (QED) is 0.818. The van der Waals surface area contributed by atoms with Crippen molar-refractivity contribution in [3.8, 4) is 11.1 Å². The van der Waals surface area contributed by atoms with E-state index in [4.69, 9.17) is 0 Å². The van der Waals surface area contributed by atoms with Crippen LogP contribution in [0.2, 0.25) is 0 Å². The average Bonchev–Trinajstić information content (AvgIpc) is 3.29. The molecule has 0 saturated carbocycles. The molecule has 0 radical (unpaired) electrons. The summed E-state index contributed by atoms with van der Waals surface area (Å²) in [6.07, 6.45) is 5.33. The van der Waals surface area contributed by atoms with Crippen LogP contribution in [0.4, 0.5) is 11.4 Å². The topological polar surface area (TPSA) is 6.48 Å². The average molecular weight is 292 g/mol. The van der Waals surface area contributed by atoms with E-state index < -0.39 is 0 Å². The second kappa shape index (κ2) is 6.04. The van der Waals surface area contributed by atoms with E-state index in [2.05, 4.69) is 58.3 Å². The molecule has 2 saturated heterocycles. The largest absolute Gasteiger partial charge is 0.372 e. The Balaban J connectivity index is 1.51. The van der Waals surface area contributed by atoms with Crippen LogP contribution in [-0.4, -0.2) is 26.2 Å².